The lowest BCUT2D eigenvalue weighted by molar-refractivity contribution is -0.168. The Balaban J connectivity index is 1.18. The average Bonchev–Trinajstić information content (AvgIpc) is 3.21. The number of carbonyl (C=O) groups is 1. The third kappa shape index (κ3) is 3.42. The molecule has 4 bridgehead atoms. The lowest BCUT2D eigenvalue weighted by atomic mass is 9.46. The Labute approximate surface area is 191 Å². The Kier molecular flexibility index (Phi) is 4.72. The minimum absolute atomic E-state index is 0.0269. The Hall–Kier alpha value is -1.80. The van der Waals surface area contributed by atoms with Crippen LogP contribution in [0, 0.1) is 17.3 Å². The highest BCUT2D eigenvalue weighted by Crippen LogP contribution is 2.64. The molecule has 4 saturated carbocycles. The number of aromatic nitrogens is 4. The van der Waals surface area contributed by atoms with Gasteiger partial charge in [-0.25, -0.2) is 9.67 Å². The molecule has 0 N–H and O–H groups in total. The van der Waals surface area contributed by atoms with Crippen LogP contribution in [0.5, 0.6) is 0 Å². The molecule has 7 rings (SSSR count). The highest BCUT2D eigenvalue weighted by molar-refractivity contribution is 9.10. The molecule has 164 valence electrons. The zero-order valence-corrected chi connectivity index (χ0v) is 19.4. The molecule has 2 aromatic rings. The normalized spacial score (nSPS) is 34.9. The number of piperazine rings is 1. The molecule has 4 aliphatic carbocycles. The van der Waals surface area contributed by atoms with E-state index in [1.165, 1.54) is 12.0 Å². The van der Waals surface area contributed by atoms with Crippen molar-refractivity contribution < 1.29 is 4.79 Å². The van der Waals surface area contributed by atoms with E-state index in [0.29, 0.717) is 22.5 Å². The minimum Gasteiger partial charge on any atom is -0.340 e. The summed E-state index contributed by atoms with van der Waals surface area (Å²) < 4.78 is 2.73. The summed E-state index contributed by atoms with van der Waals surface area (Å²) in [5.41, 5.74) is 1.01. The van der Waals surface area contributed by atoms with E-state index in [2.05, 4.69) is 51.5 Å². The predicted molar refractivity (Wildman–Crippen MR) is 119 cm³/mol. The topological polar surface area (TPSA) is 67.2 Å². The smallest absolute Gasteiger partial charge is 0.228 e. The van der Waals surface area contributed by atoms with Gasteiger partial charge in [-0.15, -0.1) is 5.10 Å². The third-order valence-electron chi connectivity index (χ3n) is 8.22. The molecule has 1 saturated heterocycles. The third-order valence-corrected chi connectivity index (χ3v) is 8.59. The van der Waals surface area contributed by atoms with Crippen molar-refractivity contribution in [3.05, 3.63) is 41.2 Å². The molecule has 0 spiro atoms. The number of carbonyl (C=O) groups excluding carboxylic acids is 1. The van der Waals surface area contributed by atoms with Crippen LogP contribution in [-0.2, 0) is 16.9 Å². The zero-order chi connectivity index (χ0) is 21.1. The standard InChI is InChI=1S/C23H29BrN6O/c24-21-26-16-30(27-21)23-11-18-8-19(12-23)10-22(9-18,15-23)20(31)29-6-4-28(5-7-29)14-17-2-1-3-25-13-17/h1-3,13,16,18-19H,4-12,14-15H2. The predicted octanol–water partition coefficient (Wildman–Crippen LogP) is 3.08. The molecule has 3 heterocycles. The fourth-order valence-electron chi connectivity index (χ4n) is 7.40. The summed E-state index contributed by atoms with van der Waals surface area (Å²) in [7, 11) is 0. The molecule has 0 aromatic carbocycles. The van der Waals surface area contributed by atoms with Crippen molar-refractivity contribution in [3.63, 3.8) is 0 Å². The van der Waals surface area contributed by atoms with Crippen molar-refractivity contribution in [1.29, 1.82) is 0 Å². The number of hydrogen-bond donors (Lipinski definition) is 0. The summed E-state index contributed by atoms with van der Waals surface area (Å²) >= 11 is 3.42. The molecule has 7 nitrogen and oxygen atoms in total. The Morgan fingerprint density at radius 1 is 1.13 bits per heavy atom. The van der Waals surface area contributed by atoms with Crippen LogP contribution in [0.4, 0.5) is 0 Å². The van der Waals surface area contributed by atoms with Crippen LogP contribution in [0.2, 0.25) is 0 Å². The van der Waals surface area contributed by atoms with Crippen LogP contribution >= 0.6 is 15.9 Å². The summed E-state index contributed by atoms with van der Waals surface area (Å²) in [6, 6.07) is 4.12. The van der Waals surface area contributed by atoms with Crippen molar-refractivity contribution >= 4 is 21.8 Å². The lowest BCUT2D eigenvalue weighted by Gasteiger charge is -2.61. The van der Waals surface area contributed by atoms with Crippen LogP contribution in [-0.4, -0.2) is 61.6 Å². The van der Waals surface area contributed by atoms with Gasteiger partial charge in [0.15, 0.2) is 0 Å². The van der Waals surface area contributed by atoms with E-state index in [1.54, 1.807) is 0 Å². The van der Waals surface area contributed by atoms with E-state index in [1.807, 2.05) is 24.8 Å². The first kappa shape index (κ1) is 19.9. The number of halogens is 1. The van der Waals surface area contributed by atoms with Crippen molar-refractivity contribution in [2.75, 3.05) is 26.2 Å². The van der Waals surface area contributed by atoms with Crippen LogP contribution in [0.15, 0.2) is 35.6 Å². The van der Waals surface area contributed by atoms with Gasteiger partial charge in [-0.2, -0.15) is 0 Å². The monoisotopic (exact) mass is 484 g/mol. The van der Waals surface area contributed by atoms with Gasteiger partial charge >= 0.3 is 0 Å². The second kappa shape index (κ2) is 7.37. The second-order valence-corrected chi connectivity index (χ2v) is 11.1. The Morgan fingerprint density at radius 3 is 2.55 bits per heavy atom. The fraction of sp³-hybridized carbons (Fsp3) is 0.652. The first-order valence-electron chi connectivity index (χ1n) is 11.5. The van der Waals surface area contributed by atoms with Crippen molar-refractivity contribution in [1.82, 2.24) is 29.5 Å². The molecule has 2 aromatic heterocycles. The highest BCUT2D eigenvalue weighted by atomic mass is 79.9. The number of pyridine rings is 1. The number of nitrogens with zero attached hydrogens (tertiary/aromatic N) is 6. The Morgan fingerprint density at radius 2 is 1.90 bits per heavy atom. The van der Waals surface area contributed by atoms with Gasteiger partial charge in [0.05, 0.1) is 11.0 Å². The number of amides is 1. The minimum atomic E-state index is -0.200. The van der Waals surface area contributed by atoms with Gasteiger partial charge in [-0.1, -0.05) is 6.07 Å². The van der Waals surface area contributed by atoms with E-state index in [0.717, 1.165) is 64.8 Å². The van der Waals surface area contributed by atoms with E-state index < -0.39 is 0 Å². The van der Waals surface area contributed by atoms with Crippen LogP contribution in [0.3, 0.4) is 0 Å². The fourth-order valence-corrected chi connectivity index (χ4v) is 7.66. The molecule has 31 heavy (non-hydrogen) atoms. The first-order chi connectivity index (χ1) is 15.0. The van der Waals surface area contributed by atoms with Crippen molar-refractivity contribution in [2.24, 2.45) is 17.3 Å². The number of hydrogen-bond acceptors (Lipinski definition) is 5. The average molecular weight is 485 g/mol. The van der Waals surface area contributed by atoms with Crippen LogP contribution < -0.4 is 0 Å². The molecular weight excluding hydrogens is 456 g/mol. The molecule has 1 aliphatic heterocycles. The van der Waals surface area contributed by atoms with Gasteiger partial charge in [-0.05, 0) is 77.9 Å². The van der Waals surface area contributed by atoms with Gasteiger partial charge in [-0.3, -0.25) is 14.7 Å². The summed E-state index contributed by atoms with van der Waals surface area (Å²) in [6.45, 7) is 4.45. The first-order valence-corrected chi connectivity index (χ1v) is 12.3. The van der Waals surface area contributed by atoms with Crippen LogP contribution in [0.1, 0.15) is 44.1 Å². The van der Waals surface area contributed by atoms with E-state index in [4.69, 9.17) is 0 Å². The lowest BCUT2D eigenvalue weighted by Crippen LogP contribution is -2.62. The maximum Gasteiger partial charge on any atom is 0.228 e. The van der Waals surface area contributed by atoms with E-state index in [9.17, 15) is 4.79 Å². The molecule has 2 unspecified atom stereocenters. The quantitative estimate of drug-likeness (QED) is 0.666. The zero-order valence-electron chi connectivity index (χ0n) is 17.8. The molecule has 8 heteroatoms. The van der Waals surface area contributed by atoms with Gasteiger partial charge in [0.25, 0.3) is 0 Å². The summed E-state index contributed by atoms with van der Waals surface area (Å²) in [4.78, 5) is 27.1. The second-order valence-electron chi connectivity index (χ2n) is 10.4. The van der Waals surface area contributed by atoms with E-state index >= 15 is 0 Å². The summed E-state index contributed by atoms with van der Waals surface area (Å²) in [6.07, 6.45) is 12.3. The maximum atomic E-state index is 13.9. The number of rotatable bonds is 4. The molecule has 2 atom stereocenters. The molecule has 5 fully saturated rings. The van der Waals surface area contributed by atoms with Gasteiger partial charge in [0.1, 0.15) is 6.33 Å². The summed E-state index contributed by atoms with van der Waals surface area (Å²) in [5, 5.41) is 4.64. The molecule has 0 radical (unpaired) electrons. The summed E-state index contributed by atoms with van der Waals surface area (Å²) in [5.74, 6) is 1.69. The maximum absolute atomic E-state index is 13.9. The SMILES string of the molecule is O=C(N1CCN(Cc2cccnc2)CC1)C12CC3CC(C1)CC(n1cnc(Br)n1)(C3)C2. The van der Waals surface area contributed by atoms with Crippen molar-refractivity contribution in [2.45, 2.75) is 50.6 Å². The van der Waals surface area contributed by atoms with Crippen molar-refractivity contribution in [3.8, 4) is 0 Å². The molecular formula is C23H29BrN6O. The highest BCUT2D eigenvalue weighted by Gasteiger charge is 2.62. The van der Waals surface area contributed by atoms with Gasteiger partial charge in [0.2, 0.25) is 10.6 Å². The molecule has 1 amide bonds. The largest absolute Gasteiger partial charge is 0.340 e. The molecule has 5 aliphatic rings. The van der Waals surface area contributed by atoms with Gasteiger partial charge in [0, 0.05) is 45.1 Å². The van der Waals surface area contributed by atoms with Gasteiger partial charge < -0.3 is 4.90 Å². The van der Waals surface area contributed by atoms with E-state index in [-0.39, 0.29) is 11.0 Å². The Bertz CT molecular complexity index is 955. The van der Waals surface area contributed by atoms with Crippen LogP contribution in [0.25, 0.3) is 0 Å².